The third-order valence-electron chi connectivity index (χ3n) is 4.14. The Morgan fingerprint density at radius 3 is 2.54 bits per heavy atom. The number of piperazine rings is 1. The third kappa shape index (κ3) is 4.15. The van der Waals surface area contributed by atoms with Crippen LogP contribution in [0.1, 0.15) is 15.9 Å². The van der Waals surface area contributed by atoms with E-state index in [0.717, 1.165) is 17.6 Å². The van der Waals surface area contributed by atoms with Crippen molar-refractivity contribution in [1.29, 1.82) is 0 Å². The van der Waals surface area contributed by atoms with E-state index >= 15 is 0 Å². The molecule has 2 aromatic rings. The number of carbonyl (C=O) groups is 1. The summed E-state index contributed by atoms with van der Waals surface area (Å²) in [6.45, 7) is 3.26. The molecule has 1 saturated heterocycles. The van der Waals surface area contributed by atoms with Gasteiger partial charge in [0.2, 0.25) is 0 Å². The standard InChI is InChI=1S/C18H17BrClFN2O/c19-15-5-4-14(17(21)11-15)12-22-6-8-23(9-7-22)18(24)13-2-1-3-16(20)10-13/h1-5,10-11H,6-9,12H2. The molecule has 3 nitrogen and oxygen atoms in total. The maximum Gasteiger partial charge on any atom is 0.253 e. The van der Waals surface area contributed by atoms with E-state index in [4.69, 9.17) is 11.6 Å². The van der Waals surface area contributed by atoms with E-state index in [1.165, 1.54) is 6.07 Å². The number of rotatable bonds is 3. The van der Waals surface area contributed by atoms with Crippen molar-refractivity contribution >= 4 is 33.4 Å². The molecule has 0 unspecified atom stereocenters. The topological polar surface area (TPSA) is 23.6 Å². The summed E-state index contributed by atoms with van der Waals surface area (Å²) in [6.07, 6.45) is 0. The van der Waals surface area contributed by atoms with Gasteiger partial charge in [0.1, 0.15) is 5.82 Å². The molecule has 126 valence electrons. The van der Waals surface area contributed by atoms with E-state index in [9.17, 15) is 9.18 Å². The molecular formula is C18H17BrClFN2O. The second-order valence-corrected chi connectivity index (χ2v) is 7.17. The van der Waals surface area contributed by atoms with Crippen molar-refractivity contribution in [2.45, 2.75) is 6.54 Å². The Bertz CT molecular complexity index is 748. The highest BCUT2D eigenvalue weighted by Crippen LogP contribution is 2.18. The van der Waals surface area contributed by atoms with Crippen LogP contribution >= 0.6 is 27.5 Å². The van der Waals surface area contributed by atoms with Crippen LogP contribution in [0.25, 0.3) is 0 Å². The van der Waals surface area contributed by atoms with E-state index in [1.54, 1.807) is 30.3 Å². The Morgan fingerprint density at radius 1 is 1.12 bits per heavy atom. The summed E-state index contributed by atoms with van der Waals surface area (Å²) in [5.41, 5.74) is 1.28. The monoisotopic (exact) mass is 410 g/mol. The van der Waals surface area contributed by atoms with E-state index in [1.807, 2.05) is 11.0 Å². The van der Waals surface area contributed by atoms with E-state index in [0.29, 0.717) is 35.8 Å². The lowest BCUT2D eigenvalue weighted by molar-refractivity contribution is 0.0627. The maximum absolute atomic E-state index is 13.9. The highest BCUT2D eigenvalue weighted by Gasteiger charge is 2.22. The molecule has 2 aromatic carbocycles. The molecule has 24 heavy (non-hydrogen) atoms. The fourth-order valence-corrected chi connectivity index (χ4v) is 3.33. The SMILES string of the molecule is O=C(c1cccc(Cl)c1)N1CCN(Cc2ccc(Br)cc2F)CC1. The van der Waals surface area contributed by atoms with Gasteiger partial charge < -0.3 is 4.90 Å². The predicted molar refractivity (Wildman–Crippen MR) is 96.7 cm³/mol. The fourth-order valence-electron chi connectivity index (χ4n) is 2.80. The minimum Gasteiger partial charge on any atom is -0.336 e. The largest absolute Gasteiger partial charge is 0.336 e. The zero-order valence-electron chi connectivity index (χ0n) is 13.0. The Kier molecular flexibility index (Phi) is 5.54. The van der Waals surface area contributed by atoms with Crippen LogP contribution in [0.15, 0.2) is 46.9 Å². The first kappa shape index (κ1) is 17.4. The quantitative estimate of drug-likeness (QED) is 0.756. The number of nitrogens with zero attached hydrogens (tertiary/aromatic N) is 2. The third-order valence-corrected chi connectivity index (χ3v) is 4.87. The lowest BCUT2D eigenvalue weighted by Crippen LogP contribution is -2.48. The molecule has 6 heteroatoms. The maximum atomic E-state index is 13.9. The molecule has 1 fully saturated rings. The van der Waals surface area contributed by atoms with E-state index < -0.39 is 0 Å². The van der Waals surface area contributed by atoms with Gasteiger partial charge in [0, 0.05) is 53.3 Å². The number of amides is 1. The molecule has 1 aliphatic heterocycles. The Morgan fingerprint density at radius 2 is 1.88 bits per heavy atom. The van der Waals surface area contributed by atoms with E-state index in [-0.39, 0.29) is 11.7 Å². The van der Waals surface area contributed by atoms with Crippen molar-refractivity contribution in [3.63, 3.8) is 0 Å². The van der Waals surface area contributed by atoms with Crippen LogP contribution in [0.5, 0.6) is 0 Å². The molecule has 0 aromatic heterocycles. The van der Waals surface area contributed by atoms with Crippen LogP contribution in [-0.4, -0.2) is 41.9 Å². The molecule has 1 heterocycles. The highest BCUT2D eigenvalue weighted by atomic mass is 79.9. The average Bonchev–Trinajstić information content (AvgIpc) is 2.57. The van der Waals surface area contributed by atoms with Gasteiger partial charge in [0.25, 0.3) is 5.91 Å². The van der Waals surface area contributed by atoms with Crippen LogP contribution in [0.4, 0.5) is 4.39 Å². The van der Waals surface area contributed by atoms with Crippen molar-refractivity contribution < 1.29 is 9.18 Å². The molecule has 0 N–H and O–H groups in total. The molecule has 1 aliphatic rings. The number of benzene rings is 2. The number of hydrogen-bond acceptors (Lipinski definition) is 2. The molecule has 0 aliphatic carbocycles. The summed E-state index contributed by atoms with van der Waals surface area (Å²) in [5.74, 6) is -0.214. The first-order valence-electron chi connectivity index (χ1n) is 7.74. The number of halogens is 3. The van der Waals surface area contributed by atoms with Crippen molar-refractivity contribution in [3.8, 4) is 0 Å². The van der Waals surface area contributed by atoms with Gasteiger partial charge in [-0.2, -0.15) is 0 Å². The summed E-state index contributed by atoms with van der Waals surface area (Å²) in [6, 6.07) is 12.1. The summed E-state index contributed by atoms with van der Waals surface area (Å²) < 4.78 is 14.7. The molecular weight excluding hydrogens is 395 g/mol. The van der Waals surface area contributed by atoms with Gasteiger partial charge in [-0.25, -0.2) is 4.39 Å². The van der Waals surface area contributed by atoms with Crippen LogP contribution in [0, 0.1) is 5.82 Å². The summed E-state index contributed by atoms with van der Waals surface area (Å²) in [7, 11) is 0. The predicted octanol–water partition coefficient (Wildman–Crippen LogP) is 4.20. The molecule has 0 spiro atoms. The lowest BCUT2D eigenvalue weighted by atomic mass is 10.1. The second kappa shape index (κ2) is 7.64. The van der Waals surface area contributed by atoms with Crippen LogP contribution in [0.3, 0.4) is 0 Å². The minimum absolute atomic E-state index is 0.00743. The van der Waals surface area contributed by atoms with Crippen molar-refractivity contribution in [1.82, 2.24) is 9.80 Å². The minimum atomic E-state index is -0.207. The molecule has 0 radical (unpaired) electrons. The van der Waals surface area contributed by atoms with Crippen molar-refractivity contribution in [2.75, 3.05) is 26.2 Å². The smallest absolute Gasteiger partial charge is 0.253 e. The summed E-state index contributed by atoms with van der Waals surface area (Å²) in [4.78, 5) is 16.5. The highest BCUT2D eigenvalue weighted by molar-refractivity contribution is 9.10. The van der Waals surface area contributed by atoms with Gasteiger partial charge in [0.15, 0.2) is 0 Å². The first-order chi connectivity index (χ1) is 11.5. The lowest BCUT2D eigenvalue weighted by Gasteiger charge is -2.34. The van der Waals surface area contributed by atoms with Gasteiger partial charge in [-0.3, -0.25) is 9.69 Å². The average molecular weight is 412 g/mol. The molecule has 0 bridgehead atoms. The summed E-state index contributed by atoms with van der Waals surface area (Å²) >= 11 is 9.21. The number of hydrogen-bond donors (Lipinski definition) is 0. The van der Waals surface area contributed by atoms with Gasteiger partial charge in [0.05, 0.1) is 0 Å². The Balaban J connectivity index is 1.58. The zero-order valence-corrected chi connectivity index (χ0v) is 15.4. The molecule has 1 amide bonds. The Labute approximate surface area is 154 Å². The normalized spacial score (nSPS) is 15.5. The molecule has 0 atom stereocenters. The van der Waals surface area contributed by atoms with Crippen LogP contribution < -0.4 is 0 Å². The fraction of sp³-hybridized carbons (Fsp3) is 0.278. The molecule has 3 rings (SSSR count). The van der Waals surface area contributed by atoms with Gasteiger partial charge in [-0.05, 0) is 30.3 Å². The zero-order chi connectivity index (χ0) is 17.1. The van der Waals surface area contributed by atoms with E-state index in [2.05, 4.69) is 20.8 Å². The van der Waals surface area contributed by atoms with Gasteiger partial charge >= 0.3 is 0 Å². The summed E-state index contributed by atoms with van der Waals surface area (Å²) in [5, 5.41) is 0.560. The first-order valence-corrected chi connectivity index (χ1v) is 8.91. The Hall–Kier alpha value is -1.43. The van der Waals surface area contributed by atoms with Crippen LogP contribution in [-0.2, 0) is 6.54 Å². The van der Waals surface area contributed by atoms with Crippen LogP contribution in [0.2, 0.25) is 5.02 Å². The van der Waals surface area contributed by atoms with Gasteiger partial charge in [-0.15, -0.1) is 0 Å². The van der Waals surface area contributed by atoms with Crippen molar-refractivity contribution in [2.24, 2.45) is 0 Å². The molecule has 0 saturated carbocycles. The van der Waals surface area contributed by atoms with Crippen molar-refractivity contribution in [3.05, 3.63) is 68.9 Å². The number of carbonyl (C=O) groups excluding carboxylic acids is 1. The second-order valence-electron chi connectivity index (χ2n) is 5.81. The van der Waals surface area contributed by atoms with Gasteiger partial charge in [-0.1, -0.05) is 39.7 Å².